The zero-order chi connectivity index (χ0) is 32.6. The third-order valence-electron chi connectivity index (χ3n) is 8.84. The molecule has 258 valence electrons. The van der Waals surface area contributed by atoms with Gasteiger partial charge < -0.3 is 15.3 Å². The first-order valence-electron chi connectivity index (χ1n) is 18.8. The van der Waals surface area contributed by atoms with E-state index in [1.807, 2.05) is 0 Å². The lowest BCUT2D eigenvalue weighted by molar-refractivity contribution is -0.166. The van der Waals surface area contributed by atoms with E-state index in [2.05, 4.69) is 38.2 Å². The van der Waals surface area contributed by atoms with E-state index in [0.29, 0.717) is 12.8 Å². The minimum Gasteiger partial charge on any atom is -0.394 e. The first kappa shape index (κ1) is 42.7. The number of aliphatic hydroxyl groups is 3. The molecule has 0 aliphatic heterocycles. The molecule has 0 aliphatic rings. The SMILES string of the molecule is CCCCCCCC/C=C\CCCCCCCC(=O)C(O)(C(=O)CCCCCCC/C=C\CCCCCCCC)[C@@H](O)CO. The zero-order valence-corrected chi connectivity index (χ0v) is 29.1. The van der Waals surface area contributed by atoms with Crippen LogP contribution in [0.25, 0.3) is 0 Å². The van der Waals surface area contributed by atoms with E-state index >= 15 is 0 Å². The van der Waals surface area contributed by atoms with Crippen molar-refractivity contribution in [2.75, 3.05) is 6.61 Å². The summed E-state index contributed by atoms with van der Waals surface area (Å²) < 4.78 is 0. The molecule has 0 bridgehead atoms. The van der Waals surface area contributed by atoms with Gasteiger partial charge in [-0.2, -0.15) is 0 Å². The quantitative estimate of drug-likeness (QED) is 0.0378. The van der Waals surface area contributed by atoms with Gasteiger partial charge in [-0.15, -0.1) is 0 Å². The van der Waals surface area contributed by atoms with Gasteiger partial charge in [0.25, 0.3) is 0 Å². The molecule has 0 aromatic rings. The van der Waals surface area contributed by atoms with Gasteiger partial charge >= 0.3 is 0 Å². The minimum absolute atomic E-state index is 0.0455. The fourth-order valence-corrected chi connectivity index (χ4v) is 5.75. The van der Waals surface area contributed by atoms with E-state index in [4.69, 9.17) is 0 Å². The third kappa shape index (κ3) is 23.1. The average molecular weight is 621 g/mol. The van der Waals surface area contributed by atoms with Crippen molar-refractivity contribution in [2.24, 2.45) is 0 Å². The first-order valence-corrected chi connectivity index (χ1v) is 18.8. The molecule has 0 unspecified atom stereocenters. The molecule has 1 atom stereocenters. The highest BCUT2D eigenvalue weighted by molar-refractivity contribution is 6.10. The maximum Gasteiger partial charge on any atom is 0.209 e. The Labute approximate surface area is 272 Å². The number of ketones is 2. The molecule has 5 nitrogen and oxygen atoms in total. The van der Waals surface area contributed by atoms with Crippen molar-refractivity contribution < 1.29 is 24.9 Å². The van der Waals surface area contributed by atoms with Crippen LogP contribution in [0.2, 0.25) is 0 Å². The number of aliphatic hydroxyl groups excluding tert-OH is 2. The van der Waals surface area contributed by atoms with Crippen molar-refractivity contribution in [3.63, 3.8) is 0 Å². The second-order valence-electron chi connectivity index (χ2n) is 13.0. The van der Waals surface area contributed by atoms with Gasteiger partial charge in [0.15, 0.2) is 11.6 Å². The first-order chi connectivity index (χ1) is 21.4. The number of Topliss-reactive ketones (excluding diaryl/α,β-unsaturated/α-hetero) is 2. The molecule has 0 rings (SSSR count). The van der Waals surface area contributed by atoms with Crippen LogP contribution in [0.15, 0.2) is 24.3 Å². The number of carbonyl (C=O) groups is 2. The molecule has 0 aromatic heterocycles. The summed E-state index contributed by atoms with van der Waals surface area (Å²) >= 11 is 0. The molecule has 5 heteroatoms. The van der Waals surface area contributed by atoms with Crippen molar-refractivity contribution in [2.45, 2.75) is 205 Å². The summed E-state index contributed by atoms with van der Waals surface area (Å²) in [6.07, 6.45) is 37.3. The normalized spacial score (nSPS) is 12.9. The summed E-state index contributed by atoms with van der Waals surface area (Å²) in [7, 11) is 0. The van der Waals surface area contributed by atoms with Crippen LogP contribution in [0.3, 0.4) is 0 Å². The largest absolute Gasteiger partial charge is 0.394 e. The molecule has 44 heavy (non-hydrogen) atoms. The summed E-state index contributed by atoms with van der Waals surface area (Å²) in [5.41, 5.74) is -2.49. The molecule has 0 fully saturated rings. The monoisotopic (exact) mass is 621 g/mol. The Kier molecular flexibility index (Phi) is 30.7. The lowest BCUT2D eigenvalue weighted by atomic mass is 9.82. The predicted molar refractivity (Wildman–Crippen MR) is 187 cm³/mol. The van der Waals surface area contributed by atoms with Gasteiger partial charge in [-0.3, -0.25) is 9.59 Å². The summed E-state index contributed by atoms with van der Waals surface area (Å²) in [5.74, 6) is -1.32. The number of allylic oxidation sites excluding steroid dienone is 4. The van der Waals surface area contributed by atoms with Gasteiger partial charge in [-0.1, -0.05) is 141 Å². The Hall–Kier alpha value is -1.30. The highest BCUT2D eigenvalue weighted by Crippen LogP contribution is 2.22. The van der Waals surface area contributed by atoms with Gasteiger partial charge in [-0.05, 0) is 64.2 Å². The molecule has 0 spiro atoms. The van der Waals surface area contributed by atoms with Gasteiger partial charge in [0.2, 0.25) is 5.60 Å². The molecular formula is C39H72O5. The van der Waals surface area contributed by atoms with Gasteiger partial charge in [-0.25, -0.2) is 0 Å². The van der Waals surface area contributed by atoms with E-state index in [0.717, 1.165) is 64.2 Å². The summed E-state index contributed by atoms with van der Waals surface area (Å²) in [6.45, 7) is 3.68. The molecular weight excluding hydrogens is 548 g/mol. The highest BCUT2D eigenvalue weighted by atomic mass is 16.4. The Morgan fingerprint density at radius 1 is 0.500 bits per heavy atom. The standard InChI is InChI=1S/C39H72O5/c1-3-5-7-9-11-13-15-17-19-21-23-25-27-29-31-33-36(41)39(44,38(43)35-40)37(42)34-32-30-28-26-24-22-20-18-16-14-12-10-8-6-4-2/h17-20,38,40,43-44H,3-16,21-35H2,1-2H3/b19-17-,20-18-/t38-/m0/s1. The maximum atomic E-state index is 12.8. The fraction of sp³-hybridized carbons (Fsp3) is 0.846. The molecule has 0 aliphatic carbocycles. The number of hydrogen-bond donors (Lipinski definition) is 3. The highest BCUT2D eigenvalue weighted by Gasteiger charge is 2.48. The van der Waals surface area contributed by atoms with E-state index in [-0.39, 0.29) is 12.8 Å². The topological polar surface area (TPSA) is 94.8 Å². The van der Waals surface area contributed by atoms with Crippen molar-refractivity contribution in [1.82, 2.24) is 0 Å². The van der Waals surface area contributed by atoms with Crippen molar-refractivity contribution in [3.05, 3.63) is 24.3 Å². The van der Waals surface area contributed by atoms with Gasteiger partial charge in [0.05, 0.1) is 6.61 Å². The minimum atomic E-state index is -2.49. The average Bonchev–Trinajstić information content (AvgIpc) is 3.03. The van der Waals surface area contributed by atoms with E-state index in [9.17, 15) is 24.9 Å². The van der Waals surface area contributed by atoms with Crippen LogP contribution >= 0.6 is 0 Å². The lowest BCUT2D eigenvalue weighted by Crippen LogP contribution is -2.57. The molecule has 3 N–H and O–H groups in total. The second kappa shape index (κ2) is 31.7. The summed E-state index contributed by atoms with van der Waals surface area (Å²) in [6, 6.07) is 0. The lowest BCUT2D eigenvalue weighted by Gasteiger charge is -2.29. The van der Waals surface area contributed by atoms with E-state index < -0.39 is 29.9 Å². The molecule has 0 aromatic carbocycles. The molecule has 0 radical (unpaired) electrons. The van der Waals surface area contributed by atoms with Crippen LogP contribution in [0.4, 0.5) is 0 Å². The second-order valence-corrected chi connectivity index (χ2v) is 13.0. The van der Waals surface area contributed by atoms with Gasteiger partial charge in [0, 0.05) is 12.8 Å². The van der Waals surface area contributed by atoms with Crippen LogP contribution in [-0.2, 0) is 9.59 Å². The number of unbranched alkanes of at least 4 members (excludes halogenated alkanes) is 22. The van der Waals surface area contributed by atoms with Gasteiger partial charge in [0.1, 0.15) is 6.10 Å². The summed E-state index contributed by atoms with van der Waals surface area (Å²) in [5, 5.41) is 30.6. The Morgan fingerprint density at radius 3 is 1.07 bits per heavy atom. The molecule has 0 saturated heterocycles. The molecule has 0 saturated carbocycles. The molecule has 0 amide bonds. The van der Waals surface area contributed by atoms with Crippen molar-refractivity contribution >= 4 is 11.6 Å². The van der Waals surface area contributed by atoms with Crippen LogP contribution in [0, 0.1) is 0 Å². The van der Waals surface area contributed by atoms with E-state index in [1.54, 1.807) is 0 Å². The van der Waals surface area contributed by atoms with Crippen molar-refractivity contribution in [1.29, 1.82) is 0 Å². The fourth-order valence-electron chi connectivity index (χ4n) is 5.75. The predicted octanol–water partition coefficient (Wildman–Crippen LogP) is 10.3. The maximum absolute atomic E-state index is 12.8. The Morgan fingerprint density at radius 2 is 0.773 bits per heavy atom. The van der Waals surface area contributed by atoms with Crippen LogP contribution in [-0.4, -0.2) is 45.2 Å². The Bertz CT molecular complexity index is 661. The smallest absolute Gasteiger partial charge is 0.209 e. The van der Waals surface area contributed by atoms with Crippen molar-refractivity contribution in [3.8, 4) is 0 Å². The number of carbonyl (C=O) groups excluding carboxylic acids is 2. The molecule has 0 heterocycles. The number of rotatable bonds is 34. The van der Waals surface area contributed by atoms with Crippen LogP contribution in [0.1, 0.15) is 194 Å². The summed E-state index contributed by atoms with van der Waals surface area (Å²) in [4.78, 5) is 25.7. The third-order valence-corrected chi connectivity index (χ3v) is 8.84. The number of hydrogen-bond acceptors (Lipinski definition) is 5. The zero-order valence-electron chi connectivity index (χ0n) is 29.1. The van der Waals surface area contributed by atoms with E-state index in [1.165, 1.54) is 89.9 Å². The van der Waals surface area contributed by atoms with Crippen LogP contribution in [0.5, 0.6) is 0 Å². The Balaban J connectivity index is 4.02. The van der Waals surface area contributed by atoms with Crippen LogP contribution < -0.4 is 0 Å².